The van der Waals surface area contributed by atoms with Crippen LogP contribution in [0.3, 0.4) is 0 Å². The van der Waals surface area contributed by atoms with E-state index >= 15 is 0 Å². The Balaban J connectivity index is 1.81. The summed E-state index contributed by atoms with van der Waals surface area (Å²) < 4.78 is 16.9. The van der Waals surface area contributed by atoms with E-state index in [0.717, 1.165) is 19.6 Å². The fraction of sp³-hybridized carbons (Fsp3) is 1.00. The average Bonchev–Trinajstić information content (AvgIpc) is 2.77. The van der Waals surface area contributed by atoms with Crippen molar-refractivity contribution in [3.05, 3.63) is 0 Å². The van der Waals surface area contributed by atoms with Crippen molar-refractivity contribution in [1.29, 1.82) is 0 Å². The zero-order valence-corrected chi connectivity index (χ0v) is 7.29. The summed E-state index contributed by atoms with van der Waals surface area (Å²) in [6.07, 6.45) is 2.83. The molecule has 1 spiro atoms. The first kappa shape index (κ1) is 7.30. The van der Waals surface area contributed by atoms with Crippen molar-refractivity contribution in [2.75, 3.05) is 13.2 Å². The molecule has 1 saturated carbocycles. The van der Waals surface area contributed by atoms with Crippen LogP contribution in [0.4, 0.5) is 0 Å². The summed E-state index contributed by atoms with van der Waals surface area (Å²) in [5.74, 6) is 0.352. The van der Waals surface area contributed by atoms with E-state index in [1.807, 2.05) is 0 Å². The molecule has 12 heavy (non-hydrogen) atoms. The van der Waals surface area contributed by atoms with Crippen LogP contribution in [0.5, 0.6) is 0 Å². The molecular weight excluding hydrogens is 156 g/mol. The van der Waals surface area contributed by atoms with Gasteiger partial charge in [-0.2, -0.15) is 0 Å². The Morgan fingerprint density at radius 1 is 1.25 bits per heavy atom. The van der Waals surface area contributed by atoms with Gasteiger partial charge in [0, 0.05) is 6.42 Å². The Bertz CT molecular complexity index is 198. The molecule has 3 nitrogen and oxygen atoms in total. The van der Waals surface area contributed by atoms with E-state index in [9.17, 15) is 0 Å². The number of hydrogen-bond donors (Lipinski definition) is 0. The second-order valence-corrected chi connectivity index (χ2v) is 4.05. The first-order chi connectivity index (χ1) is 5.82. The Morgan fingerprint density at radius 2 is 2.00 bits per heavy atom. The van der Waals surface area contributed by atoms with Crippen molar-refractivity contribution in [3.8, 4) is 0 Å². The molecule has 0 aromatic carbocycles. The van der Waals surface area contributed by atoms with Crippen LogP contribution in [0, 0.1) is 5.92 Å². The second-order valence-electron chi connectivity index (χ2n) is 4.05. The third kappa shape index (κ3) is 0.817. The summed E-state index contributed by atoms with van der Waals surface area (Å²) in [6, 6.07) is 0. The highest BCUT2D eigenvalue weighted by molar-refractivity contribution is 5.05. The Morgan fingerprint density at radius 3 is 2.75 bits per heavy atom. The Kier molecular flexibility index (Phi) is 1.35. The molecule has 1 aliphatic carbocycles. The molecule has 3 heteroatoms. The lowest BCUT2D eigenvalue weighted by atomic mass is 9.86. The smallest absolute Gasteiger partial charge is 0.197 e. The largest absolute Gasteiger partial charge is 0.363 e. The van der Waals surface area contributed by atoms with Crippen molar-refractivity contribution in [2.45, 2.75) is 37.8 Å². The zero-order valence-electron chi connectivity index (χ0n) is 7.29. The molecule has 0 aromatic rings. The lowest BCUT2D eigenvalue weighted by Crippen LogP contribution is -2.42. The van der Waals surface area contributed by atoms with Crippen molar-refractivity contribution in [3.63, 3.8) is 0 Å². The highest BCUT2D eigenvalue weighted by Crippen LogP contribution is 2.50. The summed E-state index contributed by atoms with van der Waals surface area (Å²) in [6.45, 7) is 3.72. The monoisotopic (exact) mass is 170 g/mol. The van der Waals surface area contributed by atoms with Crippen LogP contribution in [0.25, 0.3) is 0 Å². The molecule has 0 N–H and O–H groups in total. The van der Waals surface area contributed by atoms with E-state index in [2.05, 4.69) is 6.92 Å². The first-order valence-corrected chi connectivity index (χ1v) is 4.75. The molecule has 3 aliphatic rings. The Labute approximate surface area is 72.0 Å². The predicted octanol–water partition coefficient (Wildman–Crippen LogP) is 0.927. The molecule has 0 aromatic heterocycles. The number of ether oxygens (including phenoxy) is 3. The number of rotatable bonds is 0. The fourth-order valence-corrected chi connectivity index (χ4v) is 2.42. The van der Waals surface area contributed by atoms with E-state index in [1.165, 1.54) is 6.42 Å². The summed E-state index contributed by atoms with van der Waals surface area (Å²) in [5, 5.41) is 0. The van der Waals surface area contributed by atoms with Crippen molar-refractivity contribution in [1.82, 2.24) is 0 Å². The van der Waals surface area contributed by atoms with Crippen LogP contribution in [0.2, 0.25) is 0 Å². The van der Waals surface area contributed by atoms with Gasteiger partial charge in [-0.05, 0) is 12.3 Å². The van der Waals surface area contributed by atoms with Gasteiger partial charge in [0.05, 0.1) is 19.3 Å². The van der Waals surface area contributed by atoms with Gasteiger partial charge < -0.3 is 14.2 Å². The minimum Gasteiger partial charge on any atom is -0.363 e. The van der Waals surface area contributed by atoms with E-state index in [0.29, 0.717) is 12.0 Å². The number of fused-ring (bicyclic) bond motifs is 2. The highest BCUT2D eigenvalue weighted by Gasteiger charge is 2.62. The second kappa shape index (κ2) is 2.22. The van der Waals surface area contributed by atoms with Gasteiger partial charge in [0.15, 0.2) is 5.79 Å². The van der Waals surface area contributed by atoms with E-state index < -0.39 is 0 Å². The molecule has 2 saturated heterocycles. The maximum Gasteiger partial charge on any atom is 0.197 e. The highest BCUT2D eigenvalue weighted by atomic mass is 16.8. The fourth-order valence-electron chi connectivity index (χ4n) is 2.42. The van der Waals surface area contributed by atoms with Gasteiger partial charge in [-0.25, -0.2) is 0 Å². The molecular formula is C9H14O3. The van der Waals surface area contributed by atoms with Crippen LogP contribution >= 0.6 is 0 Å². The van der Waals surface area contributed by atoms with Crippen LogP contribution in [-0.2, 0) is 14.2 Å². The van der Waals surface area contributed by atoms with Gasteiger partial charge in [-0.1, -0.05) is 6.92 Å². The standard InChI is InChI=1S/C9H14O3/c1-6-2-3-9(8-7(6)12-8)10-4-5-11-9/h6-8H,2-5H2,1H3. The summed E-state index contributed by atoms with van der Waals surface area (Å²) in [7, 11) is 0. The SMILES string of the molecule is CC1CCC2(OCCO2)C2OC12. The van der Waals surface area contributed by atoms with E-state index in [-0.39, 0.29) is 11.9 Å². The number of hydrogen-bond acceptors (Lipinski definition) is 3. The van der Waals surface area contributed by atoms with Gasteiger partial charge in [-0.15, -0.1) is 0 Å². The van der Waals surface area contributed by atoms with Crippen molar-refractivity contribution >= 4 is 0 Å². The van der Waals surface area contributed by atoms with Gasteiger partial charge in [-0.3, -0.25) is 0 Å². The summed E-state index contributed by atoms with van der Waals surface area (Å²) in [5.41, 5.74) is 0. The summed E-state index contributed by atoms with van der Waals surface area (Å²) >= 11 is 0. The molecule has 3 atom stereocenters. The summed E-state index contributed by atoms with van der Waals surface area (Å²) in [4.78, 5) is 0. The van der Waals surface area contributed by atoms with Crippen molar-refractivity contribution in [2.24, 2.45) is 5.92 Å². The van der Waals surface area contributed by atoms with E-state index in [4.69, 9.17) is 14.2 Å². The van der Waals surface area contributed by atoms with Gasteiger partial charge >= 0.3 is 0 Å². The zero-order chi connectivity index (χ0) is 8.18. The van der Waals surface area contributed by atoms with Crippen LogP contribution in [-0.4, -0.2) is 31.2 Å². The van der Waals surface area contributed by atoms with Crippen LogP contribution in [0.15, 0.2) is 0 Å². The maximum absolute atomic E-state index is 5.64. The van der Waals surface area contributed by atoms with Gasteiger partial charge in [0.2, 0.25) is 0 Å². The normalized spacial score (nSPS) is 49.2. The third-order valence-electron chi connectivity index (χ3n) is 3.24. The molecule has 2 heterocycles. The molecule has 3 fully saturated rings. The van der Waals surface area contributed by atoms with Gasteiger partial charge in [0.1, 0.15) is 6.10 Å². The number of epoxide rings is 1. The molecule has 3 unspecified atom stereocenters. The van der Waals surface area contributed by atoms with Crippen LogP contribution < -0.4 is 0 Å². The molecule has 0 bridgehead atoms. The third-order valence-corrected chi connectivity index (χ3v) is 3.24. The Hall–Kier alpha value is -0.120. The molecule has 0 radical (unpaired) electrons. The minimum absolute atomic E-state index is 0.240. The van der Waals surface area contributed by atoms with Crippen molar-refractivity contribution < 1.29 is 14.2 Å². The topological polar surface area (TPSA) is 31.0 Å². The molecule has 3 rings (SSSR count). The average molecular weight is 170 g/mol. The van der Waals surface area contributed by atoms with Gasteiger partial charge in [0.25, 0.3) is 0 Å². The van der Waals surface area contributed by atoms with Crippen LogP contribution in [0.1, 0.15) is 19.8 Å². The quantitative estimate of drug-likeness (QED) is 0.507. The molecule has 2 aliphatic heterocycles. The minimum atomic E-state index is -0.336. The maximum atomic E-state index is 5.64. The lowest BCUT2D eigenvalue weighted by Gasteiger charge is -2.30. The first-order valence-electron chi connectivity index (χ1n) is 4.75. The van der Waals surface area contributed by atoms with E-state index in [1.54, 1.807) is 0 Å². The predicted molar refractivity (Wildman–Crippen MR) is 41.7 cm³/mol. The lowest BCUT2D eigenvalue weighted by molar-refractivity contribution is -0.181. The molecule has 0 amide bonds. The molecule has 68 valence electrons.